The van der Waals surface area contributed by atoms with E-state index in [1.807, 2.05) is 13.8 Å². The van der Waals surface area contributed by atoms with Crippen molar-refractivity contribution in [2.75, 3.05) is 5.32 Å². The second-order valence-corrected chi connectivity index (χ2v) is 5.07. The highest BCUT2D eigenvalue weighted by Crippen LogP contribution is 2.13. The summed E-state index contributed by atoms with van der Waals surface area (Å²) in [6.07, 6.45) is 0. The molecule has 6 heteroatoms. The summed E-state index contributed by atoms with van der Waals surface area (Å²) in [7, 11) is 0. The second-order valence-electron chi connectivity index (χ2n) is 5.07. The minimum absolute atomic E-state index is 0.0681. The molecule has 0 aliphatic heterocycles. The molecule has 0 bridgehead atoms. The average molecular weight is 289 g/mol. The summed E-state index contributed by atoms with van der Waals surface area (Å²) in [5.41, 5.74) is -0.129. The molecule has 0 unspecified atom stereocenters. The molecule has 1 aromatic heterocycles. The first-order valence-electron chi connectivity index (χ1n) is 6.61. The van der Waals surface area contributed by atoms with Crippen LogP contribution < -0.4 is 10.9 Å². The number of nitrogens with one attached hydrogen (secondary N) is 1. The fraction of sp³-hybridized carbons (Fsp3) is 0.267. The van der Waals surface area contributed by atoms with Crippen LogP contribution in [-0.2, 0) is 6.54 Å². The van der Waals surface area contributed by atoms with Crippen LogP contribution in [0.5, 0.6) is 0 Å². The first-order chi connectivity index (χ1) is 9.97. The molecule has 0 saturated heterocycles. The number of amides is 1. The maximum atomic E-state index is 13.5. The zero-order valence-electron chi connectivity index (χ0n) is 11.8. The van der Waals surface area contributed by atoms with Gasteiger partial charge in [0, 0.05) is 12.6 Å². The summed E-state index contributed by atoms with van der Waals surface area (Å²) in [6.45, 7) is 4.31. The normalized spacial score (nSPS) is 10.7. The quantitative estimate of drug-likeness (QED) is 0.939. The van der Waals surface area contributed by atoms with E-state index in [0.29, 0.717) is 6.54 Å². The Bertz CT molecular complexity index is 710. The highest BCUT2D eigenvalue weighted by molar-refractivity contribution is 6.02. The first-order valence-corrected chi connectivity index (χ1v) is 6.61. The summed E-state index contributed by atoms with van der Waals surface area (Å²) >= 11 is 0. The Morgan fingerprint density at radius 1 is 1.29 bits per heavy atom. The van der Waals surface area contributed by atoms with E-state index in [1.54, 1.807) is 6.07 Å². The van der Waals surface area contributed by atoms with Crippen LogP contribution in [0.1, 0.15) is 24.3 Å². The number of nitrogens with zero attached hydrogens (tertiary/aromatic N) is 2. The molecule has 0 aliphatic carbocycles. The van der Waals surface area contributed by atoms with Gasteiger partial charge < -0.3 is 5.32 Å². The van der Waals surface area contributed by atoms with E-state index in [0.717, 1.165) is 0 Å². The van der Waals surface area contributed by atoms with Gasteiger partial charge in [-0.1, -0.05) is 26.0 Å². The van der Waals surface area contributed by atoms with Gasteiger partial charge in [-0.3, -0.25) is 9.59 Å². The number of benzene rings is 1. The summed E-state index contributed by atoms with van der Waals surface area (Å²) in [5, 5.41) is 6.44. The van der Waals surface area contributed by atoms with Crippen molar-refractivity contribution in [2.24, 2.45) is 5.92 Å². The molecule has 0 saturated carbocycles. The standard InChI is InChI=1S/C15H16FN3O2/c1-10(2)9-19-14(20)8-7-13(18-19)15(21)17-12-6-4-3-5-11(12)16/h3-8,10H,9H2,1-2H3,(H,17,21). The minimum Gasteiger partial charge on any atom is -0.318 e. The van der Waals surface area contributed by atoms with Crippen molar-refractivity contribution in [3.8, 4) is 0 Å². The number of anilines is 1. The molecule has 2 rings (SSSR count). The Morgan fingerprint density at radius 3 is 2.67 bits per heavy atom. The molecule has 1 amide bonds. The van der Waals surface area contributed by atoms with Gasteiger partial charge in [-0.2, -0.15) is 5.10 Å². The van der Waals surface area contributed by atoms with Crippen molar-refractivity contribution < 1.29 is 9.18 Å². The molecule has 0 aliphatic rings. The Kier molecular flexibility index (Phi) is 4.47. The minimum atomic E-state index is -0.558. The van der Waals surface area contributed by atoms with Crippen molar-refractivity contribution in [3.05, 3.63) is 58.3 Å². The van der Waals surface area contributed by atoms with Gasteiger partial charge in [0.1, 0.15) is 11.5 Å². The lowest BCUT2D eigenvalue weighted by Crippen LogP contribution is -2.27. The second kappa shape index (κ2) is 6.30. The molecular formula is C15H16FN3O2. The van der Waals surface area contributed by atoms with Crippen LogP contribution in [0.25, 0.3) is 0 Å². The molecule has 2 aromatic rings. The van der Waals surface area contributed by atoms with Crippen molar-refractivity contribution in [3.63, 3.8) is 0 Å². The van der Waals surface area contributed by atoms with Gasteiger partial charge in [0.15, 0.2) is 0 Å². The Hall–Kier alpha value is -2.50. The van der Waals surface area contributed by atoms with Crippen LogP contribution in [0, 0.1) is 11.7 Å². The first kappa shape index (κ1) is 14.9. The number of rotatable bonds is 4. The number of carbonyl (C=O) groups excluding carboxylic acids is 1. The smallest absolute Gasteiger partial charge is 0.276 e. The van der Waals surface area contributed by atoms with Crippen LogP contribution in [0.4, 0.5) is 10.1 Å². The fourth-order valence-corrected chi connectivity index (χ4v) is 1.80. The molecular weight excluding hydrogens is 273 g/mol. The largest absolute Gasteiger partial charge is 0.318 e. The third kappa shape index (κ3) is 3.75. The molecule has 0 spiro atoms. The Labute approximate surface area is 121 Å². The van der Waals surface area contributed by atoms with Gasteiger partial charge in [-0.25, -0.2) is 9.07 Å². The molecule has 0 radical (unpaired) electrons. The predicted molar refractivity (Wildman–Crippen MR) is 77.7 cm³/mol. The lowest BCUT2D eigenvalue weighted by atomic mass is 10.2. The molecule has 1 aromatic carbocycles. The fourth-order valence-electron chi connectivity index (χ4n) is 1.80. The third-order valence-electron chi connectivity index (χ3n) is 2.76. The van der Waals surface area contributed by atoms with Crippen molar-refractivity contribution >= 4 is 11.6 Å². The van der Waals surface area contributed by atoms with Crippen LogP contribution in [0.15, 0.2) is 41.2 Å². The van der Waals surface area contributed by atoms with E-state index in [9.17, 15) is 14.0 Å². The Balaban J connectivity index is 2.24. The number of carbonyl (C=O) groups is 1. The van der Waals surface area contributed by atoms with E-state index in [1.165, 1.54) is 35.0 Å². The predicted octanol–water partition coefficient (Wildman–Crippen LogP) is 2.29. The van der Waals surface area contributed by atoms with Gasteiger partial charge in [0.25, 0.3) is 11.5 Å². The molecule has 1 N–H and O–H groups in total. The van der Waals surface area contributed by atoms with Crippen molar-refractivity contribution in [1.82, 2.24) is 9.78 Å². The van der Waals surface area contributed by atoms with E-state index < -0.39 is 11.7 Å². The van der Waals surface area contributed by atoms with Gasteiger partial charge in [-0.15, -0.1) is 0 Å². The van der Waals surface area contributed by atoms with Gasteiger partial charge >= 0.3 is 0 Å². The van der Waals surface area contributed by atoms with Gasteiger partial charge in [-0.05, 0) is 24.1 Å². The SMILES string of the molecule is CC(C)Cn1nc(C(=O)Nc2ccccc2F)ccc1=O. The van der Waals surface area contributed by atoms with Crippen molar-refractivity contribution in [2.45, 2.75) is 20.4 Å². The number of para-hydroxylation sites is 1. The average Bonchev–Trinajstić information content (AvgIpc) is 2.43. The summed E-state index contributed by atoms with van der Waals surface area (Å²) in [6, 6.07) is 8.47. The highest BCUT2D eigenvalue weighted by Gasteiger charge is 2.12. The molecule has 21 heavy (non-hydrogen) atoms. The zero-order chi connectivity index (χ0) is 15.4. The summed E-state index contributed by atoms with van der Waals surface area (Å²) in [5.74, 6) is -0.862. The van der Waals surface area contributed by atoms with Crippen LogP contribution in [0.2, 0.25) is 0 Å². The summed E-state index contributed by atoms with van der Waals surface area (Å²) in [4.78, 5) is 23.7. The van der Waals surface area contributed by atoms with E-state index in [2.05, 4.69) is 10.4 Å². The lowest BCUT2D eigenvalue weighted by Gasteiger charge is -2.09. The van der Waals surface area contributed by atoms with Crippen LogP contribution >= 0.6 is 0 Å². The lowest BCUT2D eigenvalue weighted by molar-refractivity contribution is 0.101. The maximum absolute atomic E-state index is 13.5. The molecule has 0 atom stereocenters. The summed E-state index contributed by atoms with van der Waals surface area (Å²) < 4.78 is 14.7. The molecule has 110 valence electrons. The van der Waals surface area contributed by atoms with E-state index in [-0.39, 0.29) is 22.9 Å². The van der Waals surface area contributed by atoms with Crippen molar-refractivity contribution in [1.29, 1.82) is 0 Å². The zero-order valence-corrected chi connectivity index (χ0v) is 11.8. The number of hydrogen-bond acceptors (Lipinski definition) is 3. The maximum Gasteiger partial charge on any atom is 0.276 e. The van der Waals surface area contributed by atoms with Gasteiger partial charge in [0.05, 0.1) is 5.69 Å². The molecule has 5 nitrogen and oxygen atoms in total. The molecule has 0 fully saturated rings. The Morgan fingerprint density at radius 2 is 2.00 bits per heavy atom. The van der Waals surface area contributed by atoms with Crippen LogP contribution in [0.3, 0.4) is 0 Å². The topological polar surface area (TPSA) is 64.0 Å². The monoisotopic (exact) mass is 289 g/mol. The number of halogens is 1. The van der Waals surface area contributed by atoms with E-state index in [4.69, 9.17) is 0 Å². The number of aromatic nitrogens is 2. The van der Waals surface area contributed by atoms with Crippen LogP contribution in [-0.4, -0.2) is 15.7 Å². The molecule has 1 heterocycles. The third-order valence-corrected chi connectivity index (χ3v) is 2.76. The van der Waals surface area contributed by atoms with Gasteiger partial charge in [0.2, 0.25) is 0 Å². The van der Waals surface area contributed by atoms with E-state index >= 15 is 0 Å². The highest BCUT2D eigenvalue weighted by atomic mass is 19.1. The number of hydrogen-bond donors (Lipinski definition) is 1.